The highest BCUT2D eigenvalue weighted by Gasteiger charge is 1.55. The lowest BCUT2D eigenvalue weighted by molar-refractivity contribution is 0.304. The monoisotopic (exact) mass is 79.0 g/mol. The van der Waals surface area contributed by atoms with Gasteiger partial charge in [-0.05, 0) is 0 Å². The lowest BCUT2D eigenvalue weighted by Crippen LogP contribution is -1.64. The minimum atomic E-state index is 0.181. The van der Waals surface area contributed by atoms with Crippen molar-refractivity contribution in [1.82, 2.24) is 0 Å². The van der Waals surface area contributed by atoms with E-state index in [-0.39, 0.29) is 6.07 Å². The van der Waals surface area contributed by atoms with Gasteiger partial charge in [-0.2, -0.15) is 0 Å². The Morgan fingerprint density at radius 3 is 2.25 bits per heavy atom. The van der Waals surface area contributed by atoms with Crippen molar-refractivity contribution in [2.24, 2.45) is 0 Å². The molecule has 0 saturated carbocycles. The lowest BCUT2D eigenvalue weighted by Gasteiger charge is -1.73. The summed E-state index contributed by atoms with van der Waals surface area (Å²) < 4.78 is 4.06. The predicted molar refractivity (Wildman–Crippen MR) is 17.2 cm³/mol. The first-order chi connectivity index (χ1) is 1.91. The molecular weight excluding hydrogens is 75.5 g/mol. The van der Waals surface area contributed by atoms with Crippen LogP contribution in [0.25, 0.3) is 0 Å². The fourth-order valence-electron chi connectivity index (χ4n) is 0. The van der Waals surface area contributed by atoms with E-state index in [1.165, 1.54) is 0 Å². The number of halogens is 1. The van der Waals surface area contributed by atoms with E-state index >= 15 is 0 Å². The second-order valence-corrected chi connectivity index (χ2v) is 0.531. The van der Waals surface area contributed by atoms with Crippen molar-refractivity contribution in [2.45, 2.75) is 0 Å². The summed E-state index contributed by atoms with van der Waals surface area (Å²) in [7, 11) is 2.97. The molecule has 0 heterocycles. The third-order valence-electron chi connectivity index (χ3n) is 0.0772. The number of hydrogen-bond acceptors (Lipinski definition) is 1. The topological polar surface area (TPSA) is 9.23 Å². The summed E-state index contributed by atoms with van der Waals surface area (Å²) in [5, 5.41) is 0. The Morgan fingerprint density at radius 2 is 2.25 bits per heavy atom. The summed E-state index contributed by atoms with van der Waals surface area (Å²) in [5.41, 5.74) is 0. The van der Waals surface area contributed by atoms with E-state index in [4.69, 9.17) is 11.6 Å². The minimum absolute atomic E-state index is 0.181. The number of alkyl halides is 1. The number of rotatable bonds is 1. The molecule has 0 aliphatic carbocycles. The summed E-state index contributed by atoms with van der Waals surface area (Å²) in [6.45, 7) is 0. The van der Waals surface area contributed by atoms with Gasteiger partial charge in [-0.3, -0.25) is 0 Å². The molecule has 0 aliphatic heterocycles. The molecule has 0 bridgehead atoms. The molecule has 0 unspecified atom stereocenters. The van der Waals surface area contributed by atoms with Crippen LogP contribution >= 0.6 is 11.6 Å². The first-order valence-electron chi connectivity index (χ1n) is 0.845. The van der Waals surface area contributed by atoms with Crippen molar-refractivity contribution in [2.75, 3.05) is 6.07 Å². The smallest absolute Gasteiger partial charge is 0.120 e. The van der Waals surface area contributed by atoms with Crippen LogP contribution in [-0.4, -0.2) is 6.07 Å². The summed E-state index contributed by atoms with van der Waals surface area (Å²) in [5.74, 6) is 0. The normalized spacial score (nSPS) is 7.50. The quantitative estimate of drug-likeness (QED) is 0.426. The first kappa shape index (κ1) is 4.25. The van der Waals surface area contributed by atoms with E-state index in [1.807, 2.05) is 0 Å². The zero-order valence-corrected chi connectivity index (χ0v) is 2.96. The molecule has 0 amide bonds. The minimum Gasteiger partial charge on any atom is -0.363 e. The maximum absolute atomic E-state index is 4.90. The maximum Gasteiger partial charge on any atom is 0.120 e. The van der Waals surface area contributed by atoms with Crippen molar-refractivity contribution in [3.05, 3.63) is 7.11 Å². The van der Waals surface area contributed by atoms with Crippen molar-refractivity contribution >= 4 is 11.6 Å². The molecular formula is C2H4ClO. The Labute approximate surface area is 30.5 Å². The molecule has 1 radical (unpaired) electrons. The molecule has 0 fully saturated rings. The van der Waals surface area contributed by atoms with Crippen LogP contribution in [0.4, 0.5) is 0 Å². The third kappa shape index (κ3) is 2.25. The average Bonchev–Trinajstić information content (AvgIpc) is 1.37. The number of hydrogen-bond donors (Lipinski definition) is 0. The van der Waals surface area contributed by atoms with Crippen LogP contribution in [0.15, 0.2) is 0 Å². The molecule has 0 aromatic carbocycles. The van der Waals surface area contributed by atoms with E-state index < -0.39 is 0 Å². The molecule has 0 aliphatic rings. The molecule has 2 heteroatoms. The standard InChI is InChI=1S/C2H4ClO/c1-4-2-3/h1-2H2. The van der Waals surface area contributed by atoms with Gasteiger partial charge < -0.3 is 4.74 Å². The van der Waals surface area contributed by atoms with Crippen molar-refractivity contribution in [3.8, 4) is 0 Å². The zero-order valence-electron chi connectivity index (χ0n) is 2.20. The average molecular weight is 79.5 g/mol. The largest absolute Gasteiger partial charge is 0.363 e. The van der Waals surface area contributed by atoms with Crippen molar-refractivity contribution in [3.63, 3.8) is 0 Å². The van der Waals surface area contributed by atoms with E-state index in [0.717, 1.165) is 0 Å². The summed E-state index contributed by atoms with van der Waals surface area (Å²) in [6.07, 6.45) is 0. The Balaban J connectivity index is 1.97. The van der Waals surface area contributed by atoms with Crippen LogP contribution in [0.2, 0.25) is 0 Å². The highest BCUT2D eigenvalue weighted by Crippen LogP contribution is 1.69. The maximum atomic E-state index is 4.90. The van der Waals surface area contributed by atoms with Gasteiger partial charge in [0, 0.05) is 0 Å². The first-order valence-corrected chi connectivity index (χ1v) is 1.38. The molecule has 0 aromatic heterocycles. The second kappa shape index (κ2) is 3.25. The van der Waals surface area contributed by atoms with Crippen LogP contribution in [0, 0.1) is 7.11 Å². The van der Waals surface area contributed by atoms with Crippen molar-refractivity contribution in [1.29, 1.82) is 0 Å². The van der Waals surface area contributed by atoms with Gasteiger partial charge in [-0.25, -0.2) is 0 Å². The molecule has 0 aromatic rings. The van der Waals surface area contributed by atoms with Gasteiger partial charge in [0.25, 0.3) is 0 Å². The molecule has 4 heavy (non-hydrogen) atoms. The van der Waals surface area contributed by atoms with Gasteiger partial charge in [0.15, 0.2) is 0 Å². The van der Waals surface area contributed by atoms with Crippen LogP contribution in [-0.2, 0) is 4.74 Å². The molecule has 0 atom stereocenters. The van der Waals surface area contributed by atoms with Crippen LogP contribution in [0.3, 0.4) is 0 Å². The van der Waals surface area contributed by atoms with Gasteiger partial charge in [0.2, 0.25) is 0 Å². The molecule has 25 valence electrons. The van der Waals surface area contributed by atoms with Crippen LogP contribution < -0.4 is 0 Å². The Kier molecular flexibility index (Phi) is 3.45. The van der Waals surface area contributed by atoms with E-state index in [1.54, 1.807) is 0 Å². The SMILES string of the molecule is [CH2]OCCl. The fourth-order valence-corrected chi connectivity index (χ4v) is 0. The van der Waals surface area contributed by atoms with Gasteiger partial charge in [-0.1, -0.05) is 11.6 Å². The highest BCUT2D eigenvalue weighted by atomic mass is 35.5. The van der Waals surface area contributed by atoms with E-state index in [2.05, 4.69) is 11.8 Å². The Bertz CT molecular complexity index is 8.00. The molecule has 0 N–H and O–H groups in total. The molecule has 1 nitrogen and oxygen atoms in total. The molecule has 0 rings (SSSR count). The summed E-state index contributed by atoms with van der Waals surface area (Å²) >= 11 is 4.90. The van der Waals surface area contributed by atoms with Gasteiger partial charge in [-0.15, -0.1) is 0 Å². The summed E-state index contributed by atoms with van der Waals surface area (Å²) in [4.78, 5) is 0. The van der Waals surface area contributed by atoms with E-state index in [0.29, 0.717) is 0 Å². The zero-order chi connectivity index (χ0) is 3.41. The van der Waals surface area contributed by atoms with Gasteiger partial charge in [0.05, 0.1) is 7.11 Å². The fraction of sp³-hybridized carbons (Fsp3) is 0.500. The number of ether oxygens (including phenoxy) is 1. The Hall–Kier alpha value is 0.250. The lowest BCUT2D eigenvalue weighted by atomic mass is 11.5. The van der Waals surface area contributed by atoms with Crippen molar-refractivity contribution < 1.29 is 4.74 Å². The van der Waals surface area contributed by atoms with Gasteiger partial charge >= 0.3 is 0 Å². The Morgan fingerprint density at radius 1 is 2.00 bits per heavy atom. The summed E-state index contributed by atoms with van der Waals surface area (Å²) in [6, 6.07) is 0.181. The second-order valence-electron chi connectivity index (χ2n) is 0.313. The third-order valence-corrected chi connectivity index (χ3v) is 0.231. The van der Waals surface area contributed by atoms with E-state index in [9.17, 15) is 0 Å². The van der Waals surface area contributed by atoms with Crippen LogP contribution in [0.5, 0.6) is 0 Å². The van der Waals surface area contributed by atoms with Crippen LogP contribution in [0.1, 0.15) is 0 Å². The van der Waals surface area contributed by atoms with Gasteiger partial charge in [0.1, 0.15) is 6.07 Å². The molecule has 0 spiro atoms. The highest BCUT2D eigenvalue weighted by molar-refractivity contribution is 6.17. The predicted octanol–water partition coefficient (Wildman–Crippen LogP) is 0.991. The molecule has 0 saturated heterocycles.